The number of benzene rings is 7. The predicted molar refractivity (Wildman–Crippen MR) is 190 cm³/mol. The summed E-state index contributed by atoms with van der Waals surface area (Å²) in [5.74, 6) is 0. The molecular weight excluding hydrogens is 565 g/mol. The molecule has 0 bridgehead atoms. The summed E-state index contributed by atoms with van der Waals surface area (Å²) in [6.07, 6.45) is 0. The molecule has 2 nitrogen and oxygen atoms in total. The Morgan fingerprint density at radius 3 is 1.62 bits per heavy atom. The van der Waals surface area contributed by atoms with Crippen LogP contribution in [-0.4, -0.2) is 9.13 Å². The van der Waals surface area contributed by atoms with Crippen LogP contribution in [0.3, 0.4) is 0 Å². The average Bonchev–Trinajstić information content (AvgIpc) is 3.61. The van der Waals surface area contributed by atoms with Crippen molar-refractivity contribution < 1.29 is 0 Å². The fourth-order valence-corrected chi connectivity index (χ4v) is 8.54. The highest BCUT2D eigenvalue weighted by Crippen LogP contribution is 2.48. The largest absolute Gasteiger partial charge is 0.309 e. The Kier molecular flexibility index (Phi) is 5.25. The maximum absolute atomic E-state index is 2.51. The van der Waals surface area contributed by atoms with Gasteiger partial charge in [-0.3, -0.25) is 0 Å². The molecule has 0 N–H and O–H groups in total. The minimum atomic E-state index is 1.17. The van der Waals surface area contributed by atoms with Crippen LogP contribution in [0.2, 0.25) is 0 Å². The Bertz CT molecular complexity index is 2580. The van der Waals surface area contributed by atoms with Crippen molar-refractivity contribution in [2.24, 2.45) is 0 Å². The van der Waals surface area contributed by atoms with E-state index in [-0.39, 0.29) is 0 Å². The predicted octanol–water partition coefficient (Wildman–Crippen LogP) is 11.7. The molecule has 0 unspecified atom stereocenters. The topological polar surface area (TPSA) is 9.86 Å². The van der Waals surface area contributed by atoms with Crippen molar-refractivity contribution in [1.82, 2.24) is 9.13 Å². The van der Waals surface area contributed by atoms with Crippen LogP contribution in [0.25, 0.3) is 77.2 Å². The fraction of sp³-hybridized carbons (Fsp3) is 0. The molecule has 2 aromatic heterocycles. The molecule has 0 fully saturated rings. The molecular formula is C42H26N2S. The third kappa shape index (κ3) is 3.53. The van der Waals surface area contributed by atoms with E-state index in [0.29, 0.717) is 0 Å². The van der Waals surface area contributed by atoms with Crippen LogP contribution in [0, 0.1) is 0 Å². The monoisotopic (exact) mass is 590 g/mol. The number of hydrogen-bond acceptors (Lipinski definition) is 1. The van der Waals surface area contributed by atoms with Crippen LogP contribution in [0.5, 0.6) is 0 Å². The first-order valence-electron chi connectivity index (χ1n) is 15.4. The van der Waals surface area contributed by atoms with Gasteiger partial charge in [-0.2, -0.15) is 0 Å². The zero-order valence-corrected chi connectivity index (χ0v) is 25.1. The van der Waals surface area contributed by atoms with E-state index in [1.54, 1.807) is 0 Å². The second-order valence-electron chi connectivity index (χ2n) is 11.7. The summed E-state index contributed by atoms with van der Waals surface area (Å²) >= 11 is 1.86. The highest BCUT2D eigenvalue weighted by molar-refractivity contribution is 7.99. The van der Waals surface area contributed by atoms with Gasteiger partial charge in [0.1, 0.15) is 0 Å². The van der Waals surface area contributed by atoms with E-state index < -0.39 is 0 Å². The van der Waals surface area contributed by atoms with Crippen LogP contribution in [-0.2, 0) is 0 Å². The number of fused-ring (bicyclic) bond motifs is 12. The van der Waals surface area contributed by atoms with Crippen molar-refractivity contribution in [2.75, 3.05) is 0 Å². The minimum Gasteiger partial charge on any atom is -0.309 e. The molecule has 210 valence electrons. The molecule has 10 rings (SSSR count). The van der Waals surface area contributed by atoms with Gasteiger partial charge in [0.05, 0.1) is 27.8 Å². The van der Waals surface area contributed by atoms with Crippen LogP contribution < -0.4 is 0 Å². The molecule has 0 atom stereocenters. The maximum atomic E-state index is 2.51. The van der Waals surface area contributed by atoms with Crippen molar-refractivity contribution in [1.29, 1.82) is 0 Å². The Labute approximate surface area is 264 Å². The molecule has 7 aromatic carbocycles. The summed E-state index contributed by atoms with van der Waals surface area (Å²) in [5.41, 5.74) is 12.3. The highest BCUT2D eigenvalue weighted by atomic mass is 32.2. The first kappa shape index (κ1) is 24.9. The smallest absolute Gasteiger partial charge is 0.0620 e. The molecule has 0 saturated heterocycles. The highest BCUT2D eigenvalue weighted by Gasteiger charge is 2.23. The number of para-hydroxylation sites is 4. The molecule has 0 aliphatic carbocycles. The standard InChI is InChI=1S/C42H26N2S/c1-6-19-36-28(12-1)29-13-2-7-20-37(29)43(36)27-24-25-39-35(26-27)34-18-11-17-33-32-16-5-10-23-41(32)45-40-22-9-4-15-31(40)30-14-3-8-21-38(30)44(39)42(33)34/h1-26H. The molecule has 1 aliphatic heterocycles. The van der Waals surface area contributed by atoms with Gasteiger partial charge in [0.2, 0.25) is 0 Å². The first-order valence-corrected chi connectivity index (χ1v) is 16.2. The third-order valence-corrected chi connectivity index (χ3v) is 10.5. The van der Waals surface area contributed by atoms with E-state index in [4.69, 9.17) is 0 Å². The SMILES string of the molecule is c1ccc2c(c1)Sc1ccccc1-c1cccc3c4cc(-n5c6ccccc6c6ccccc65)ccc4n(c13)-c1ccccc1-2. The summed E-state index contributed by atoms with van der Waals surface area (Å²) in [7, 11) is 0. The van der Waals surface area contributed by atoms with Crippen molar-refractivity contribution >= 4 is 55.4 Å². The lowest BCUT2D eigenvalue weighted by atomic mass is 10.0. The number of nitrogens with zero attached hydrogens (tertiary/aromatic N) is 2. The minimum absolute atomic E-state index is 1.17. The Morgan fingerprint density at radius 2 is 0.889 bits per heavy atom. The molecule has 0 amide bonds. The normalized spacial score (nSPS) is 12.4. The van der Waals surface area contributed by atoms with Gasteiger partial charge in [0, 0.05) is 48.2 Å². The molecule has 0 spiro atoms. The summed E-state index contributed by atoms with van der Waals surface area (Å²) < 4.78 is 4.93. The summed E-state index contributed by atoms with van der Waals surface area (Å²) in [6, 6.07) is 57.9. The first-order chi connectivity index (χ1) is 22.3. The van der Waals surface area contributed by atoms with Gasteiger partial charge in [-0.25, -0.2) is 0 Å². The van der Waals surface area contributed by atoms with Crippen molar-refractivity contribution in [3.8, 4) is 33.6 Å². The lowest BCUT2D eigenvalue weighted by Crippen LogP contribution is -2.00. The maximum Gasteiger partial charge on any atom is 0.0620 e. The quantitative estimate of drug-likeness (QED) is 0.185. The van der Waals surface area contributed by atoms with E-state index in [1.807, 2.05) is 11.8 Å². The van der Waals surface area contributed by atoms with Crippen LogP contribution in [0.15, 0.2) is 168 Å². The zero-order valence-electron chi connectivity index (χ0n) is 24.3. The molecule has 45 heavy (non-hydrogen) atoms. The Hall–Kier alpha value is -5.51. The van der Waals surface area contributed by atoms with Crippen molar-refractivity contribution in [3.05, 3.63) is 158 Å². The van der Waals surface area contributed by atoms with Gasteiger partial charge < -0.3 is 9.13 Å². The third-order valence-electron chi connectivity index (χ3n) is 9.33. The number of hydrogen-bond donors (Lipinski definition) is 0. The van der Waals surface area contributed by atoms with Gasteiger partial charge in [-0.05, 0) is 59.7 Å². The lowest BCUT2D eigenvalue weighted by Gasteiger charge is -2.20. The summed E-state index contributed by atoms with van der Waals surface area (Å²) in [6.45, 7) is 0. The van der Waals surface area contributed by atoms with E-state index in [1.165, 1.54) is 87.0 Å². The van der Waals surface area contributed by atoms with Gasteiger partial charge in [0.25, 0.3) is 0 Å². The summed E-state index contributed by atoms with van der Waals surface area (Å²) in [4.78, 5) is 2.53. The molecule has 9 aromatic rings. The van der Waals surface area contributed by atoms with E-state index in [9.17, 15) is 0 Å². The molecule has 3 heterocycles. The summed E-state index contributed by atoms with van der Waals surface area (Å²) in [5, 5.41) is 5.06. The molecule has 3 heteroatoms. The van der Waals surface area contributed by atoms with Crippen molar-refractivity contribution in [3.63, 3.8) is 0 Å². The number of rotatable bonds is 1. The second-order valence-corrected chi connectivity index (χ2v) is 12.8. The number of aromatic nitrogens is 2. The average molecular weight is 591 g/mol. The molecule has 0 radical (unpaired) electrons. The molecule has 1 aliphatic rings. The van der Waals surface area contributed by atoms with Crippen molar-refractivity contribution in [2.45, 2.75) is 9.79 Å². The van der Waals surface area contributed by atoms with Crippen LogP contribution in [0.4, 0.5) is 0 Å². The van der Waals surface area contributed by atoms with Crippen LogP contribution >= 0.6 is 11.8 Å². The van der Waals surface area contributed by atoms with Gasteiger partial charge in [-0.1, -0.05) is 121 Å². The second kappa shape index (κ2) is 9.49. The van der Waals surface area contributed by atoms with Crippen LogP contribution in [0.1, 0.15) is 0 Å². The van der Waals surface area contributed by atoms with E-state index in [2.05, 4.69) is 167 Å². The van der Waals surface area contributed by atoms with Gasteiger partial charge in [0.15, 0.2) is 0 Å². The zero-order chi connectivity index (χ0) is 29.5. The Balaban J connectivity index is 1.37. The van der Waals surface area contributed by atoms with E-state index in [0.717, 1.165) is 0 Å². The van der Waals surface area contributed by atoms with Gasteiger partial charge in [-0.15, -0.1) is 0 Å². The lowest BCUT2D eigenvalue weighted by molar-refractivity contribution is 1.16. The molecule has 0 saturated carbocycles. The fourth-order valence-electron chi connectivity index (χ4n) is 7.44. The van der Waals surface area contributed by atoms with E-state index >= 15 is 0 Å². The Morgan fingerprint density at radius 1 is 0.356 bits per heavy atom. The van der Waals surface area contributed by atoms with Gasteiger partial charge >= 0.3 is 0 Å².